The zero-order valence-electron chi connectivity index (χ0n) is 66.2. The lowest BCUT2D eigenvalue weighted by Gasteiger charge is -2.48. The summed E-state index contributed by atoms with van der Waals surface area (Å²) in [5.41, 5.74) is 0. The van der Waals surface area contributed by atoms with E-state index in [1.165, 1.54) is 276 Å². The second kappa shape index (κ2) is 66.4. The monoisotopic (exact) mass is 1490 g/mol. The first kappa shape index (κ1) is 96.9. The Morgan fingerprint density at radius 1 is 0.343 bits per heavy atom. The zero-order chi connectivity index (χ0) is 76.0. The SMILES string of the molecule is CCCCCCC/C=C\C/C=C\C/C=C\CCCCCCCCCCCCCCCCCCC(=O)NC(COC1OC(CO)C(OC2OC(CO)C(OC3OC(CO)C(O)C(O)C3O)C(O)C2O)C(O)C1O)C(O)/C=C/CCCCCCCCCCCCCCCCCCCCCCCCCCCCC. The van der Waals surface area contributed by atoms with Crippen molar-refractivity contribution >= 4 is 5.91 Å². The molecular weight excluding hydrogens is 1330 g/mol. The molecule has 0 aromatic rings. The quantitative estimate of drug-likeness (QED) is 0.0199. The number of hydrogen-bond donors (Lipinski definition) is 12. The number of carbonyl (C=O) groups excluding carboxylic acids is 1. The molecule has 3 heterocycles. The van der Waals surface area contributed by atoms with E-state index >= 15 is 0 Å². The number of aliphatic hydroxyl groups excluding tert-OH is 11. The predicted octanol–water partition coefficient (Wildman–Crippen LogP) is 15.6. The maximum atomic E-state index is 13.5. The molecule has 1 amide bonds. The summed E-state index contributed by atoms with van der Waals surface area (Å²) in [7, 11) is 0. The molecule has 3 aliphatic rings. The van der Waals surface area contributed by atoms with Gasteiger partial charge >= 0.3 is 0 Å². The van der Waals surface area contributed by atoms with Crippen molar-refractivity contribution in [3.8, 4) is 0 Å². The second-order valence-corrected chi connectivity index (χ2v) is 31.0. The molecule has 105 heavy (non-hydrogen) atoms. The van der Waals surface area contributed by atoms with Gasteiger partial charge in [-0.05, 0) is 57.8 Å². The van der Waals surface area contributed by atoms with Crippen LogP contribution in [0.1, 0.15) is 361 Å². The molecular formula is C86H159NO18. The van der Waals surface area contributed by atoms with Crippen molar-refractivity contribution in [2.45, 2.75) is 465 Å². The van der Waals surface area contributed by atoms with E-state index in [1.807, 2.05) is 6.08 Å². The van der Waals surface area contributed by atoms with Crippen molar-refractivity contribution in [1.82, 2.24) is 5.32 Å². The summed E-state index contributed by atoms with van der Waals surface area (Å²) in [5.74, 6) is -0.270. The number of carbonyl (C=O) groups is 1. The normalized spacial score (nSPS) is 26.0. The van der Waals surface area contributed by atoms with Crippen molar-refractivity contribution in [2.24, 2.45) is 0 Å². The molecule has 17 unspecified atom stereocenters. The molecule has 3 aliphatic heterocycles. The Balaban J connectivity index is 1.35. The maximum absolute atomic E-state index is 13.5. The molecule has 0 aromatic heterocycles. The van der Waals surface area contributed by atoms with Crippen LogP contribution in [-0.2, 0) is 33.2 Å². The van der Waals surface area contributed by atoms with Crippen LogP contribution in [0.3, 0.4) is 0 Å². The van der Waals surface area contributed by atoms with Gasteiger partial charge in [-0.3, -0.25) is 4.79 Å². The molecule has 19 nitrogen and oxygen atoms in total. The predicted molar refractivity (Wildman–Crippen MR) is 420 cm³/mol. The van der Waals surface area contributed by atoms with Crippen LogP contribution >= 0.6 is 0 Å². The average molecular weight is 1500 g/mol. The number of amides is 1. The van der Waals surface area contributed by atoms with E-state index in [1.54, 1.807) is 6.08 Å². The average Bonchev–Trinajstić information content (AvgIpc) is 0.781. The molecule has 19 heteroatoms. The maximum Gasteiger partial charge on any atom is 0.220 e. The molecule has 3 rings (SSSR count). The van der Waals surface area contributed by atoms with Crippen LogP contribution < -0.4 is 5.32 Å². The van der Waals surface area contributed by atoms with Gasteiger partial charge in [0, 0.05) is 6.42 Å². The Morgan fingerprint density at radius 3 is 0.981 bits per heavy atom. The van der Waals surface area contributed by atoms with Crippen LogP contribution in [0.5, 0.6) is 0 Å². The molecule has 17 atom stereocenters. The molecule has 0 spiro atoms. The topological polar surface area (TPSA) is 307 Å². The standard InChI is InChI=1S/C86H159NO18/c1-3-5-7-9-11-13-15-17-19-21-23-25-27-29-31-33-34-36-38-40-42-44-46-48-50-52-54-56-58-60-62-64-74(92)87-69(70(91)63-61-59-57-55-53-51-49-47-45-43-41-39-37-35-32-30-28-26-24-22-20-18-16-14-12-10-8-6-4-2)68-100-84-80(98)77(95)82(72(66-89)102-84)105-86-81(99)78(96)83(73(67-90)103-86)104-85-79(97)76(94)75(93)71(65-88)101-85/h15,17,21,23,27,29,61,63,69-73,75-86,88-91,93-99H,3-14,16,18-20,22,24-26,28,30-60,62,64-68H2,1-2H3,(H,87,92)/b17-15-,23-21-,29-27-,63-61+. The van der Waals surface area contributed by atoms with Crippen molar-refractivity contribution in [3.63, 3.8) is 0 Å². The van der Waals surface area contributed by atoms with Crippen molar-refractivity contribution in [3.05, 3.63) is 48.6 Å². The number of nitrogens with one attached hydrogen (secondary N) is 1. The summed E-state index contributed by atoms with van der Waals surface area (Å²) in [4.78, 5) is 13.5. The number of rotatable bonds is 70. The highest BCUT2D eigenvalue weighted by atomic mass is 16.8. The summed E-state index contributed by atoms with van der Waals surface area (Å²) in [6.07, 6.45) is 58.2. The molecule has 0 aromatic carbocycles. The van der Waals surface area contributed by atoms with Crippen LogP contribution in [-0.4, -0.2) is 193 Å². The molecule has 0 aliphatic carbocycles. The van der Waals surface area contributed by atoms with E-state index < -0.39 is 124 Å². The fourth-order valence-electron chi connectivity index (χ4n) is 14.7. The number of unbranched alkanes of at least 4 members (excludes halogenated alkanes) is 48. The first-order chi connectivity index (χ1) is 51.3. The van der Waals surface area contributed by atoms with E-state index in [-0.39, 0.29) is 18.9 Å². The summed E-state index contributed by atoms with van der Waals surface area (Å²) < 4.78 is 34.5. The van der Waals surface area contributed by atoms with Crippen molar-refractivity contribution < 1.29 is 89.4 Å². The molecule has 616 valence electrons. The molecule has 12 N–H and O–H groups in total. The van der Waals surface area contributed by atoms with Gasteiger partial charge in [-0.25, -0.2) is 0 Å². The fraction of sp³-hybridized carbons (Fsp3) is 0.895. The van der Waals surface area contributed by atoms with Gasteiger partial charge < -0.3 is 89.9 Å². The highest BCUT2D eigenvalue weighted by molar-refractivity contribution is 5.76. The lowest BCUT2D eigenvalue weighted by atomic mass is 9.96. The largest absolute Gasteiger partial charge is 0.394 e. The minimum absolute atomic E-state index is 0.244. The number of hydrogen-bond acceptors (Lipinski definition) is 18. The highest BCUT2D eigenvalue weighted by Gasteiger charge is 2.54. The van der Waals surface area contributed by atoms with E-state index in [9.17, 15) is 61.0 Å². The zero-order valence-corrected chi connectivity index (χ0v) is 66.2. The van der Waals surface area contributed by atoms with Crippen molar-refractivity contribution in [2.75, 3.05) is 26.4 Å². The molecule has 0 radical (unpaired) electrons. The van der Waals surface area contributed by atoms with Gasteiger partial charge in [0.05, 0.1) is 38.6 Å². The highest BCUT2D eigenvalue weighted by Crippen LogP contribution is 2.33. The summed E-state index contributed by atoms with van der Waals surface area (Å²) in [6, 6.07) is -0.976. The fourth-order valence-corrected chi connectivity index (χ4v) is 14.7. The third kappa shape index (κ3) is 45.8. The molecule has 3 fully saturated rings. The van der Waals surface area contributed by atoms with Crippen molar-refractivity contribution in [1.29, 1.82) is 0 Å². The number of allylic oxidation sites excluding steroid dienone is 7. The smallest absolute Gasteiger partial charge is 0.220 e. The van der Waals surface area contributed by atoms with Crippen LogP contribution in [0, 0.1) is 0 Å². The number of ether oxygens (including phenoxy) is 6. The minimum atomic E-state index is -1.98. The van der Waals surface area contributed by atoms with E-state index in [2.05, 4.69) is 55.6 Å². The summed E-state index contributed by atoms with van der Waals surface area (Å²) in [6.45, 7) is 1.78. The third-order valence-electron chi connectivity index (χ3n) is 21.6. The Labute approximate surface area is 637 Å². The molecule has 3 saturated heterocycles. The van der Waals surface area contributed by atoms with E-state index in [4.69, 9.17) is 28.4 Å². The number of aliphatic hydroxyl groups is 11. The minimum Gasteiger partial charge on any atom is -0.394 e. The summed E-state index contributed by atoms with van der Waals surface area (Å²) >= 11 is 0. The molecule has 0 saturated carbocycles. The lowest BCUT2D eigenvalue weighted by molar-refractivity contribution is -0.379. The van der Waals surface area contributed by atoms with Crippen LogP contribution in [0.25, 0.3) is 0 Å². The second-order valence-electron chi connectivity index (χ2n) is 31.0. The first-order valence-electron chi connectivity index (χ1n) is 43.4. The Hall–Kier alpha value is -2.25. The Bertz CT molecular complexity index is 2080. The van der Waals surface area contributed by atoms with Gasteiger partial charge in [0.15, 0.2) is 18.9 Å². The lowest BCUT2D eigenvalue weighted by Crippen LogP contribution is -2.66. The Morgan fingerprint density at radius 2 is 0.629 bits per heavy atom. The molecule has 0 bridgehead atoms. The van der Waals surface area contributed by atoms with Gasteiger partial charge in [-0.2, -0.15) is 0 Å². The van der Waals surface area contributed by atoms with Crippen LogP contribution in [0.2, 0.25) is 0 Å². The van der Waals surface area contributed by atoms with Gasteiger partial charge in [0.25, 0.3) is 0 Å². The third-order valence-corrected chi connectivity index (χ3v) is 21.6. The van der Waals surface area contributed by atoms with E-state index in [0.717, 1.165) is 57.8 Å². The van der Waals surface area contributed by atoms with Gasteiger partial charge in [-0.15, -0.1) is 0 Å². The van der Waals surface area contributed by atoms with Crippen LogP contribution in [0.4, 0.5) is 0 Å². The van der Waals surface area contributed by atoms with E-state index in [0.29, 0.717) is 6.42 Å². The van der Waals surface area contributed by atoms with Crippen LogP contribution in [0.15, 0.2) is 48.6 Å². The van der Waals surface area contributed by atoms with Gasteiger partial charge in [0.1, 0.15) is 73.2 Å². The summed E-state index contributed by atoms with van der Waals surface area (Å²) in [5, 5.41) is 121. The van der Waals surface area contributed by atoms with Gasteiger partial charge in [-0.1, -0.05) is 345 Å². The Kier molecular flexibility index (Phi) is 61.3. The van der Waals surface area contributed by atoms with Gasteiger partial charge in [0.2, 0.25) is 5.91 Å². The first-order valence-corrected chi connectivity index (χ1v) is 43.4.